The number of pyridine rings is 1. The number of carbonyl (C=O) groups excluding carboxylic acids is 1. The van der Waals surface area contributed by atoms with Crippen molar-refractivity contribution in [3.8, 4) is 0 Å². The number of hydrogen-bond donors (Lipinski definition) is 2. The molecular formula is C12H13N3OS. The van der Waals surface area contributed by atoms with Crippen LogP contribution in [0.1, 0.15) is 20.2 Å². The zero-order valence-electron chi connectivity index (χ0n) is 9.65. The van der Waals surface area contributed by atoms with Gasteiger partial charge in [-0.1, -0.05) is 0 Å². The molecule has 0 aliphatic heterocycles. The molecule has 0 saturated carbocycles. The second-order valence-corrected chi connectivity index (χ2v) is 4.97. The molecule has 0 saturated heterocycles. The van der Waals surface area contributed by atoms with E-state index in [1.165, 1.54) is 11.3 Å². The number of nitrogen functional groups attached to an aromatic ring is 1. The van der Waals surface area contributed by atoms with Crippen LogP contribution >= 0.6 is 11.3 Å². The van der Waals surface area contributed by atoms with Gasteiger partial charge in [0.25, 0.3) is 5.91 Å². The van der Waals surface area contributed by atoms with Crippen molar-refractivity contribution in [3.05, 3.63) is 39.8 Å². The molecule has 4 nitrogen and oxygen atoms in total. The van der Waals surface area contributed by atoms with Crippen molar-refractivity contribution < 1.29 is 4.79 Å². The van der Waals surface area contributed by atoms with E-state index in [-0.39, 0.29) is 5.91 Å². The van der Waals surface area contributed by atoms with Crippen LogP contribution in [0, 0.1) is 13.8 Å². The zero-order valence-corrected chi connectivity index (χ0v) is 10.5. The first-order valence-electron chi connectivity index (χ1n) is 5.17. The Kier molecular flexibility index (Phi) is 3.10. The van der Waals surface area contributed by atoms with Gasteiger partial charge in [0, 0.05) is 16.8 Å². The summed E-state index contributed by atoms with van der Waals surface area (Å²) in [5, 5.41) is 2.82. The molecule has 2 heterocycles. The molecule has 0 aliphatic carbocycles. The summed E-state index contributed by atoms with van der Waals surface area (Å²) < 4.78 is 0. The summed E-state index contributed by atoms with van der Waals surface area (Å²) in [6, 6.07) is 5.31. The lowest BCUT2D eigenvalue weighted by atomic mass is 10.3. The molecule has 2 rings (SSSR count). The highest BCUT2D eigenvalue weighted by atomic mass is 32.1. The number of anilines is 2. The molecule has 0 aromatic carbocycles. The van der Waals surface area contributed by atoms with Crippen molar-refractivity contribution in [1.82, 2.24) is 4.98 Å². The maximum Gasteiger partial charge on any atom is 0.265 e. The lowest BCUT2D eigenvalue weighted by molar-refractivity contribution is 0.103. The third-order valence-electron chi connectivity index (χ3n) is 2.44. The maximum absolute atomic E-state index is 11.9. The van der Waals surface area contributed by atoms with E-state index in [4.69, 9.17) is 5.73 Å². The fraction of sp³-hybridized carbons (Fsp3) is 0.167. The molecule has 17 heavy (non-hydrogen) atoms. The van der Waals surface area contributed by atoms with Gasteiger partial charge in [-0.25, -0.2) is 0 Å². The summed E-state index contributed by atoms with van der Waals surface area (Å²) in [5.74, 6) is -0.147. The number of nitrogens with two attached hydrogens (primary N) is 1. The highest BCUT2D eigenvalue weighted by molar-refractivity contribution is 7.14. The second-order valence-electron chi connectivity index (χ2n) is 3.71. The Balaban J connectivity index is 2.20. The molecule has 0 bridgehead atoms. The van der Waals surface area contributed by atoms with Crippen LogP contribution in [0.25, 0.3) is 0 Å². The monoisotopic (exact) mass is 247 g/mol. The van der Waals surface area contributed by atoms with Crippen LogP contribution in [0.4, 0.5) is 11.4 Å². The number of thiophene rings is 1. The van der Waals surface area contributed by atoms with Gasteiger partial charge in [0.15, 0.2) is 0 Å². The number of carbonyl (C=O) groups is 1. The van der Waals surface area contributed by atoms with Gasteiger partial charge in [-0.3, -0.25) is 9.78 Å². The summed E-state index contributed by atoms with van der Waals surface area (Å²) in [6.07, 6.45) is 1.69. The fourth-order valence-electron chi connectivity index (χ4n) is 1.41. The fourth-order valence-corrected chi connectivity index (χ4v) is 2.24. The van der Waals surface area contributed by atoms with E-state index >= 15 is 0 Å². The summed E-state index contributed by atoms with van der Waals surface area (Å²) in [4.78, 5) is 17.6. The normalized spacial score (nSPS) is 10.2. The molecule has 0 unspecified atom stereocenters. The highest BCUT2D eigenvalue weighted by Gasteiger charge is 2.12. The first-order chi connectivity index (χ1) is 8.08. The molecule has 1 amide bonds. The molecule has 2 aromatic heterocycles. The van der Waals surface area contributed by atoms with E-state index in [1.54, 1.807) is 18.3 Å². The molecule has 5 heteroatoms. The van der Waals surface area contributed by atoms with E-state index < -0.39 is 0 Å². The van der Waals surface area contributed by atoms with E-state index in [2.05, 4.69) is 10.3 Å². The zero-order chi connectivity index (χ0) is 12.4. The van der Waals surface area contributed by atoms with Crippen LogP contribution in [-0.2, 0) is 0 Å². The van der Waals surface area contributed by atoms with Crippen molar-refractivity contribution in [2.45, 2.75) is 13.8 Å². The minimum atomic E-state index is -0.147. The Morgan fingerprint density at radius 2 is 2.24 bits per heavy atom. The van der Waals surface area contributed by atoms with Gasteiger partial charge in [0.2, 0.25) is 0 Å². The quantitative estimate of drug-likeness (QED) is 0.857. The molecular weight excluding hydrogens is 234 g/mol. The molecule has 0 aliphatic rings. The number of rotatable bonds is 2. The van der Waals surface area contributed by atoms with Crippen molar-refractivity contribution in [2.75, 3.05) is 11.1 Å². The predicted molar refractivity (Wildman–Crippen MR) is 70.4 cm³/mol. The SMILES string of the molecule is Cc1ncccc1NC(=O)c1cc(N)c(C)s1. The van der Waals surface area contributed by atoms with Crippen LogP contribution in [0.15, 0.2) is 24.4 Å². The van der Waals surface area contributed by atoms with Gasteiger partial charge in [0.1, 0.15) is 0 Å². The third-order valence-corrected chi connectivity index (χ3v) is 3.50. The van der Waals surface area contributed by atoms with Crippen molar-refractivity contribution in [3.63, 3.8) is 0 Å². The number of aryl methyl sites for hydroxylation is 2. The lowest BCUT2D eigenvalue weighted by Gasteiger charge is -2.05. The Morgan fingerprint density at radius 1 is 1.47 bits per heavy atom. The average Bonchev–Trinajstić information content (AvgIpc) is 2.63. The molecule has 0 radical (unpaired) electrons. The molecule has 88 valence electrons. The Hall–Kier alpha value is -1.88. The van der Waals surface area contributed by atoms with E-state index in [9.17, 15) is 4.79 Å². The number of nitrogens with one attached hydrogen (secondary N) is 1. The highest BCUT2D eigenvalue weighted by Crippen LogP contribution is 2.24. The topological polar surface area (TPSA) is 68.0 Å². The van der Waals surface area contributed by atoms with Gasteiger partial charge in [0.05, 0.1) is 16.3 Å². The number of hydrogen-bond acceptors (Lipinski definition) is 4. The lowest BCUT2D eigenvalue weighted by Crippen LogP contribution is -2.11. The molecule has 3 N–H and O–H groups in total. The van der Waals surface area contributed by atoms with Crippen LogP contribution in [0.5, 0.6) is 0 Å². The molecule has 0 spiro atoms. The van der Waals surface area contributed by atoms with Crippen molar-refractivity contribution in [1.29, 1.82) is 0 Å². The minimum absolute atomic E-state index is 0.147. The number of nitrogens with zero attached hydrogens (tertiary/aromatic N) is 1. The van der Waals surface area contributed by atoms with Gasteiger partial charge in [-0.2, -0.15) is 0 Å². The second kappa shape index (κ2) is 4.55. The molecule has 2 aromatic rings. The number of amides is 1. The minimum Gasteiger partial charge on any atom is -0.398 e. The standard InChI is InChI=1S/C12H13N3OS/c1-7-10(4-3-5-14-7)15-12(16)11-6-9(13)8(2)17-11/h3-6H,13H2,1-2H3,(H,15,16). The van der Waals surface area contributed by atoms with Gasteiger partial charge in [-0.15, -0.1) is 11.3 Å². The number of aromatic nitrogens is 1. The Labute approximate surface area is 103 Å². The van der Waals surface area contributed by atoms with E-state index in [0.717, 1.165) is 16.3 Å². The van der Waals surface area contributed by atoms with Crippen LogP contribution in [0.3, 0.4) is 0 Å². The Morgan fingerprint density at radius 3 is 2.82 bits per heavy atom. The van der Waals surface area contributed by atoms with Gasteiger partial charge in [-0.05, 0) is 32.0 Å². The Bertz CT molecular complexity index is 543. The van der Waals surface area contributed by atoms with Gasteiger partial charge >= 0.3 is 0 Å². The van der Waals surface area contributed by atoms with Crippen molar-refractivity contribution >= 4 is 28.6 Å². The molecule has 0 fully saturated rings. The van der Waals surface area contributed by atoms with E-state index in [1.807, 2.05) is 19.9 Å². The maximum atomic E-state index is 11.9. The first-order valence-corrected chi connectivity index (χ1v) is 5.98. The van der Waals surface area contributed by atoms with Crippen LogP contribution in [-0.4, -0.2) is 10.9 Å². The predicted octanol–water partition coefficient (Wildman–Crippen LogP) is 2.59. The summed E-state index contributed by atoms with van der Waals surface area (Å²) in [5.41, 5.74) is 7.89. The smallest absolute Gasteiger partial charge is 0.265 e. The van der Waals surface area contributed by atoms with Crippen LogP contribution < -0.4 is 11.1 Å². The van der Waals surface area contributed by atoms with Crippen LogP contribution in [0.2, 0.25) is 0 Å². The third kappa shape index (κ3) is 2.45. The van der Waals surface area contributed by atoms with E-state index in [0.29, 0.717) is 10.6 Å². The van der Waals surface area contributed by atoms with Gasteiger partial charge < -0.3 is 11.1 Å². The largest absolute Gasteiger partial charge is 0.398 e. The summed E-state index contributed by atoms with van der Waals surface area (Å²) in [6.45, 7) is 3.75. The van der Waals surface area contributed by atoms with Crippen molar-refractivity contribution in [2.24, 2.45) is 0 Å². The summed E-state index contributed by atoms with van der Waals surface area (Å²) in [7, 11) is 0. The first kappa shape index (κ1) is 11.6. The average molecular weight is 247 g/mol. The molecule has 0 atom stereocenters. The summed E-state index contributed by atoms with van der Waals surface area (Å²) >= 11 is 1.39.